The van der Waals surface area contributed by atoms with Gasteiger partial charge in [-0.15, -0.1) is 11.3 Å². The molecule has 1 N–H and O–H groups in total. The van der Waals surface area contributed by atoms with Crippen molar-refractivity contribution >= 4 is 39.4 Å². The number of aromatic hydroxyl groups is 1. The third-order valence-corrected chi connectivity index (χ3v) is 3.89. The molecule has 0 atom stereocenters. The minimum Gasteiger partial charge on any atom is -0.508 e. The lowest BCUT2D eigenvalue weighted by molar-refractivity contribution is -0.384. The summed E-state index contributed by atoms with van der Waals surface area (Å²) in [6.07, 6.45) is 3.66. The maximum absolute atomic E-state index is 10.7. The lowest BCUT2D eigenvalue weighted by Crippen LogP contribution is -1.86. The second-order valence-electron chi connectivity index (χ2n) is 4.39. The molecule has 6 heteroatoms. The fraction of sp³-hybridized carbons (Fsp3) is 0. The third-order valence-electron chi connectivity index (χ3n) is 2.89. The average molecular weight is 298 g/mol. The second kappa shape index (κ2) is 5.34. The van der Waals surface area contributed by atoms with E-state index in [2.05, 4.69) is 4.98 Å². The van der Waals surface area contributed by atoms with E-state index < -0.39 is 4.92 Å². The smallest absolute Gasteiger partial charge is 0.271 e. The molecule has 1 heterocycles. The Balaban J connectivity index is 1.92. The molecule has 21 heavy (non-hydrogen) atoms. The Morgan fingerprint density at radius 3 is 2.81 bits per heavy atom. The Morgan fingerprint density at radius 1 is 1.19 bits per heavy atom. The number of nitro benzene ring substituents is 1. The number of nitro groups is 1. The summed E-state index contributed by atoms with van der Waals surface area (Å²) in [4.78, 5) is 14.7. The Labute approximate surface area is 124 Å². The Bertz CT molecular complexity index is 855. The van der Waals surface area contributed by atoms with Crippen molar-refractivity contribution in [1.82, 2.24) is 4.98 Å². The number of fused-ring (bicyclic) bond motifs is 1. The Morgan fingerprint density at radius 2 is 2.05 bits per heavy atom. The first kappa shape index (κ1) is 13.3. The number of aromatic nitrogens is 1. The summed E-state index contributed by atoms with van der Waals surface area (Å²) in [7, 11) is 0. The molecule has 3 rings (SSSR count). The fourth-order valence-electron chi connectivity index (χ4n) is 1.91. The average Bonchev–Trinajstić information content (AvgIpc) is 2.87. The largest absolute Gasteiger partial charge is 0.508 e. The molecule has 1 aromatic heterocycles. The van der Waals surface area contributed by atoms with Gasteiger partial charge in [-0.1, -0.05) is 18.2 Å². The first-order valence-electron chi connectivity index (χ1n) is 6.14. The van der Waals surface area contributed by atoms with Crippen molar-refractivity contribution in [3.63, 3.8) is 0 Å². The molecule has 5 nitrogen and oxygen atoms in total. The molecular formula is C15H10N2O3S. The molecule has 0 radical (unpaired) electrons. The zero-order chi connectivity index (χ0) is 14.8. The molecule has 104 valence electrons. The molecule has 0 fully saturated rings. The lowest BCUT2D eigenvalue weighted by atomic mass is 10.2. The summed E-state index contributed by atoms with van der Waals surface area (Å²) in [5.74, 6) is 0.206. The number of hydrogen-bond donors (Lipinski definition) is 1. The van der Waals surface area contributed by atoms with Gasteiger partial charge in [-0.2, -0.15) is 0 Å². The van der Waals surface area contributed by atoms with Gasteiger partial charge in [-0.3, -0.25) is 10.1 Å². The normalized spacial score (nSPS) is 11.2. The predicted molar refractivity (Wildman–Crippen MR) is 83.3 cm³/mol. The van der Waals surface area contributed by atoms with Gasteiger partial charge in [-0.05, 0) is 29.8 Å². The van der Waals surface area contributed by atoms with Gasteiger partial charge < -0.3 is 5.11 Å². The molecule has 3 aromatic rings. The van der Waals surface area contributed by atoms with Crippen molar-refractivity contribution in [2.24, 2.45) is 0 Å². The predicted octanol–water partition coefficient (Wildman–Crippen LogP) is 4.08. The van der Waals surface area contributed by atoms with Crippen LogP contribution in [0.15, 0.2) is 42.5 Å². The van der Waals surface area contributed by atoms with E-state index >= 15 is 0 Å². The number of phenols is 1. The van der Waals surface area contributed by atoms with Crippen LogP contribution in [0, 0.1) is 10.1 Å². The zero-order valence-corrected chi connectivity index (χ0v) is 11.6. The Hall–Kier alpha value is -2.73. The van der Waals surface area contributed by atoms with E-state index in [1.807, 2.05) is 18.2 Å². The van der Waals surface area contributed by atoms with Crippen LogP contribution in [-0.2, 0) is 0 Å². The maximum atomic E-state index is 10.7. The van der Waals surface area contributed by atoms with Crippen LogP contribution in [0.5, 0.6) is 5.75 Å². The molecule has 0 saturated carbocycles. The molecule has 0 saturated heterocycles. The first-order valence-corrected chi connectivity index (χ1v) is 6.95. The molecule has 0 amide bonds. The minimum absolute atomic E-state index is 0.0383. The van der Waals surface area contributed by atoms with Crippen molar-refractivity contribution in [1.29, 1.82) is 0 Å². The summed E-state index contributed by atoms with van der Waals surface area (Å²) < 4.78 is 0.899. The summed E-state index contributed by atoms with van der Waals surface area (Å²) in [5, 5.41) is 20.9. The monoisotopic (exact) mass is 298 g/mol. The van der Waals surface area contributed by atoms with E-state index in [9.17, 15) is 15.2 Å². The zero-order valence-electron chi connectivity index (χ0n) is 10.8. The minimum atomic E-state index is -0.430. The van der Waals surface area contributed by atoms with Crippen LogP contribution in [0.2, 0.25) is 0 Å². The summed E-state index contributed by atoms with van der Waals surface area (Å²) in [6.45, 7) is 0. The molecule has 0 aliphatic heterocycles. The number of benzene rings is 2. The van der Waals surface area contributed by atoms with E-state index in [1.165, 1.54) is 23.5 Å². The van der Waals surface area contributed by atoms with Gasteiger partial charge in [0.05, 0.1) is 15.1 Å². The fourth-order valence-corrected chi connectivity index (χ4v) is 2.77. The van der Waals surface area contributed by atoms with Crippen LogP contribution in [0.3, 0.4) is 0 Å². The lowest BCUT2D eigenvalue weighted by Gasteiger charge is -1.93. The van der Waals surface area contributed by atoms with Crippen molar-refractivity contribution in [2.45, 2.75) is 0 Å². The number of thiazole rings is 1. The van der Waals surface area contributed by atoms with E-state index in [0.29, 0.717) is 5.52 Å². The quantitative estimate of drug-likeness (QED) is 0.584. The highest BCUT2D eigenvalue weighted by Gasteiger charge is 2.09. The van der Waals surface area contributed by atoms with Crippen LogP contribution >= 0.6 is 11.3 Å². The molecular weight excluding hydrogens is 288 g/mol. The van der Waals surface area contributed by atoms with Gasteiger partial charge in [0, 0.05) is 12.1 Å². The standard InChI is InChI=1S/C15H10N2O3S/c18-12-3-1-2-10(8-12)4-7-15-16-13-9-11(17(19)20)5-6-14(13)21-15/h1-9,18H. The van der Waals surface area contributed by atoms with Crippen LogP contribution in [-0.4, -0.2) is 15.0 Å². The van der Waals surface area contributed by atoms with E-state index in [-0.39, 0.29) is 11.4 Å². The van der Waals surface area contributed by atoms with E-state index in [1.54, 1.807) is 24.3 Å². The summed E-state index contributed by atoms with van der Waals surface area (Å²) >= 11 is 1.46. The van der Waals surface area contributed by atoms with Crippen molar-refractivity contribution in [3.8, 4) is 5.75 Å². The summed E-state index contributed by atoms with van der Waals surface area (Å²) in [6, 6.07) is 11.5. The van der Waals surface area contributed by atoms with Gasteiger partial charge in [0.1, 0.15) is 10.8 Å². The molecule has 0 aliphatic rings. The number of rotatable bonds is 3. The highest BCUT2D eigenvalue weighted by atomic mass is 32.1. The van der Waals surface area contributed by atoms with Crippen molar-refractivity contribution < 1.29 is 10.0 Å². The van der Waals surface area contributed by atoms with Gasteiger partial charge in [0.2, 0.25) is 0 Å². The number of nitrogens with zero attached hydrogens (tertiary/aromatic N) is 2. The molecule has 0 aliphatic carbocycles. The van der Waals surface area contributed by atoms with Crippen molar-refractivity contribution in [2.75, 3.05) is 0 Å². The van der Waals surface area contributed by atoms with Crippen LogP contribution in [0.25, 0.3) is 22.4 Å². The van der Waals surface area contributed by atoms with Crippen LogP contribution in [0.4, 0.5) is 5.69 Å². The second-order valence-corrected chi connectivity index (χ2v) is 5.45. The van der Waals surface area contributed by atoms with Crippen LogP contribution < -0.4 is 0 Å². The van der Waals surface area contributed by atoms with E-state index in [4.69, 9.17) is 0 Å². The third kappa shape index (κ3) is 2.90. The molecule has 0 bridgehead atoms. The van der Waals surface area contributed by atoms with Gasteiger partial charge in [0.15, 0.2) is 0 Å². The SMILES string of the molecule is O=[N+]([O-])c1ccc2sc(C=Cc3cccc(O)c3)nc2c1. The highest BCUT2D eigenvalue weighted by Crippen LogP contribution is 2.27. The van der Waals surface area contributed by atoms with Crippen LogP contribution in [0.1, 0.15) is 10.6 Å². The molecule has 0 spiro atoms. The highest BCUT2D eigenvalue weighted by molar-refractivity contribution is 7.19. The van der Waals surface area contributed by atoms with E-state index in [0.717, 1.165) is 15.3 Å². The van der Waals surface area contributed by atoms with Gasteiger partial charge in [0.25, 0.3) is 5.69 Å². The maximum Gasteiger partial charge on any atom is 0.271 e. The molecule has 2 aromatic carbocycles. The van der Waals surface area contributed by atoms with Gasteiger partial charge in [-0.25, -0.2) is 4.98 Å². The topological polar surface area (TPSA) is 76.3 Å². The summed E-state index contributed by atoms with van der Waals surface area (Å²) in [5.41, 5.74) is 1.52. The first-order chi connectivity index (χ1) is 10.1. The number of non-ortho nitro benzene ring substituents is 1. The van der Waals surface area contributed by atoms with Crippen molar-refractivity contribution in [3.05, 3.63) is 63.1 Å². The number of phenolic OH excluding ortho intramolecular Hbond substituents is 1. The number of hydrogen-bond acceptors (Lipinski definition) is 5. The Kier molecular flexibility index (Phi) is 3.37. The molecule has 0 unspecified atom stereocenters. The van der Waals surface area contributed by atoms with Gasteiger partial charge >= 0.3 is 0 Å².